The van der Waals surface area contributed by atoms with Crippen LogP contribution in [0.3, 0.4) is 0 Å². The van der Waals surface area contributed by atoms with E-state index in [-0.39, 0.29) is 10.8 Å². The SMILES string of the molecule is O=C(/C(Cl)=C1\SN=CC(c2ccccc2)=C1c1ccccc1)c1ccccc1. The molecule has 1 aliphatic heterocycles. The summed E-state index contributed by atoms with van der Waals surface area (Å²) >= 11 is 7.88. The van der Waals surface area contributed by atoms with Crippen LogP contribution >= 0.6 is 23.5 Å². The molecule has 0 saturated heterocycles. The zero-order valence-electron chi connectivity index (χ0n) is 14.9. The van der Waals surface area contributed by atoms with E-state index < -0.39 is 0 Å². The minimum Gasteiger partial charge on any atom is -0.288 e. The van der Waals surface area contributed by atoms with Gasteiger partial charge in [0.1, 0.15) is 5.03 Å². The molecule has 1 heterocycles. The van der Waals surface area contributed by atoms with Gasteiger partial charge in [0.15, 0.2) is 0 Å². The first-order valence-corrected chi connectivity index (χ1v) is 9.96. The zero-order valence-corrected chi connectivity index (χ0v) is 16.5. The Morgan fingerprint density at radius 1 is 0.750 bits per heavy atom. The van der Waals surface area contributed by atoms with Crippen LogP contribution in [-0.2, 0) is 0 Å². The fourth-order valence-corrected chi connectivity index (χ4v) is 4.12. The van der Waals surface area contributed by atoms with Crippen molar-refractivity contribution >= 4 is 46.7 Å². The van der Waals surface area contributed by atoms with Crippen LogP contribution in [0, 0.1) is 0 Å². The van der Waals surface area contributed by atoms with E-state index in [1.807, 2.05) is 85.1 Å². The number of Topliss-reactive ketones (excluding diaryl/α,β-unsaturated/α-hetero) is 1. The quantitative estimate of drug-likeness (QED) is 0.278. The van der Waals surface area contributed by atoms with Crippen LogP contribution < -0.4 is 0 Å². The number of allylic oxidation sites excluding steroid dienone is 3. The summed E-state index contributed by atoms with van der Waals surface area (Å²) in [4.78, 5) is 13.7. The van der Waals surface area contributed by atoms with Crippen LogP contribution in [-0.4, -0.2) is 12.0 Å². The highest BCUT2D eigenvalue weighted by Crippen LogP contribution is 2.44. The maximum Gasteiger partial charge on any atom is 0.205 e. The molecule has 4 rings (SSSR count). The Balaban J connectivity index is 1.93. The first-order chi connectivity index (χ1) is 13.8. The molecule has 0 aromatic heterocycles. The summed E-state index contributed by atoms with van der Waals surface area (Å²) < 4.78 is 4.43. The maximum absolute atomic E-state index is 13.0. The number of carbonyl (C=O) groups is 1. The van der Waals surface area contributed by atoms with Crippen LogP contribution in [0.5, 0.6) is 0 Å². The number of hydrogen-bond acceptors (Lipinski definition) is 3. The van der Waals surface area contributed by atoms with Crippen molar-refractivity contribution in [1.82, 2.24) is 0 Å². The Morgan fingerprint density at radius 3 is 1.89 bits per heavy atom. The third-order valence-electron chi connectivity index (χ3n) is 4.40. The molecular formula is C24H16ClNOS. The topological polar surface area (TPSA) is 29.4 Å². The molecule has 4 heteroatoms. The Labute approximate surface area is 173 Å². The van der Waals surface area contributed by atoms with Crippen molar-refractivity contribution in [3.63, 3.8) is 0 Å². The number of benzene rings is 3. The third-order valence-corrected chi connectivity index (χ3v) is 5.68. The molecule has 3 aromatic carbocycles. The summed E-state index contributed by atoms with van der Waals surface area (Å²) in [6, 6.07) is 29.1. The first-order valence-electron chi connectivity index (χ1n) is 8.81. The summed E-state index contributed by atoms with van der Waals surface area (Å²) in [5.74, 6) is -0.206. The Morgan fingerprint density at radius 2 is 1.29 bits per heavy atom. The molecule has 1 aliphatic rings. The number of halogens is 1. The molecule has 0 amide bonds. The summed E-state index contributed by atoms with van der Waals surface area (Å²) in [5.41, 5.74) is 4.44. The van der Waals surface area contributed by atoms with E-state index in [9.17, 15) is 4.79 Å². The summed E-state index contributed by atoms with van der Waals surface area (Å²) in [6.45, 7) is 0. The normalized spacial score (nSPS) is 15.5. The summed E-state index contributed by atoms with van der Waals surface area (Å²) in [7, 11) is 0. The van der Waals surface area contributed by atoms with Crippen molar-refractivity contribution in [1.29, 1.82) is 0 Å². The molecule has 2 nitrogen and oxygen atoms in total. The number of hydrogen-bond donors (Lipinski definition) is 0. The molecular weight excluding hydrogens is 386 g/mol. The lowest BCUT2D eigenvalue weighted by molar-refractivity contribution is 0.104. The van der Waals surface area contributed by atoms with Gasteiger partial charge >= 0.3 is 0 Å². The van der Waals surface area contributed by atoms with Gasteiger partial charge in [0.05, 0.1) is 4.91 Å². The van der Waals surface area contributed by atoms with Crippen LogP contribution in [0.2, 0.25) is 0 Å². The van der Waals surface area contributed by atoms with E-state index in [4.69, 9.17) is 11.6 Å². The van der Waals surface area contributed by atoms with Crippen molar-refractivity contribution in [2.24, 2.45) is 4.40 Å². The first kappa shape index (κ1) is 18.5. The second-order valence-corrected chi connectivity index (χ2v) is 7.36. The van der Waals surface area contributed by atoms with Crippen molar-refractivity contribution in [2.45, 2.75) is 0 Å². The molecule has 0 radical (unpaired) electrons. The average Bonchev–Trinajstić information content (AvgIpc) is 2.79. The molecule has 0 aliphatic carbocycles. The van der Waals surface area contributed by atoms with E-state index in [0.717, 1.165) is 22.3 Å². The number of ketones is 1. The van der Waals surface area contributed by atoms with Crippen LogP contribution in [0.1, 0.15) is 21.5 Å². The fraction of sp³-hybridized carbons (Fsp3) is 0. The van der Waals surface area contributed by atoms with Crippen molar-refractivity contribution < 1.29 is 4.79 Å². The van der Waals surface area contributed by atoms with Gasteiger partial charge in [-0.25, -0.2) is 4.40 Å². The predicted molar refractivity (Wildman–Crippen MR) is 119 cm³/mol. The Kier molecular flexibility index (Phi) is 5.56. The number of nitrogens with zero attached hydrogens (tertiary/aromatic N) is 1. The molecule has 0 bridgehead atoms. The largest absolute Gasteiger partial charge is 0.288 e. The molecule has 0 fully saturated rings. The molecule has 0 atom stereocenters. The van der Waals surface area contributed by atoms with E-state index in [0.29, 0.717) is 10.5 Å². The predicted octanol–water partition coefficient (Wildman–Crippen LogP) is 6.66. The minimum atomic E-state index is -0.206. The molecule has 0 unspecified atom stereocenters. The van der Waals surface area contributed by atoms with Crippen molar-refractivity contribution in [3.05, 3.63) is 118 Å². The summed E-state index contributed by atoms with van der Waals surface area (Å²) in [6.07, 6.45) is 1.84. The molecule has 136 valence electrons. The van der Waals surface area contributed by atoms with E-state index >= 15 is 0 Å². The second-order valence-electron chi connectivity index (χ2n) is 6.18. The van der Waals surface area contributed by atoms with Crippen LogP contribution in [0.15, 0.2) is 105 Å². The van der Waals surface area contributed by atoms with Gasteiger partial charge in [-0.1, -0.05) is 103 Å². The molecule has 0 spiro atoms. The lowest BCUT2D eigenvalue weighted by atomic mass is 9.94. The third kappa shape index (κ3) is 3.72. The van der Waals surface area contributed by atoms with E-state index in [1.54, 1.807) is 12.1 Å². The smallest absolute Gasteiger partial charge is 0.205 e. The average molecular weight is 402 g/mol. The molecule has 0 saturated carbocycles. The minimum absolute atomic E-state index is 0.181. The van der Waals surface area contributed by atoms with Gasteiger partial charge in [0, 0.05) is 34.9 Å². The maximum atomic E-state index is 13.0. The molecule has 28 heavy (non-hydrogen) atoms. The van der Waals surface area contributed by atoms with Gasteiger partial charge in [-0.05, 0) is 11.1 Å². The van der Waals surface area contributed by atoms with Crippen molar-refractivity contribution in [3.8, 4) is 0 Å². The summed E-state index contributed by atoms with van der Waals surface area (Å²) in [5, 5.41) is 0.181. The number of rotatable bonds is 4. The van der Waals surface area contributed by atoms with Gasteiger partial charge < -0.3 is 0 Å². The van der Waals surface area contributed by atoms with Gasteiger partial charge in [-0.3, -0.25) is 4.79 Å². The van der Waals surface area contributed by atoms with E-state index in [2.05, 4.69) is 4.40 Å². The monoisotopic (exact) mass is 401 g/mol. The molecule has 3 aromatic rings. The zero-order chi connectivity index (χ0) is 19.3. The van der Waals surface area contributed by atoms with Crippen LogP contribution in [0.4, 0.5) is 0 Å². The lowest BCUT2D eigenvalue weighted by Crippen LogP contribution is -2.06. The van der Waals surface area contributed by atoms with Gasteiger partial charge in [-0.2, -0.15) is 0 Å². The highest BCUT2D eigenvalue weighted by atomic mass is 35.5. The second kappa shape index (κ2) is 8.42. The molecule has 0 N–H and O–H groups in total. The standard InChI is InChI=1S/C24H16ClNOS/c25-22(23(27)19-14-8-3-9-15-19)24-21(18-12-6-2-7-13-18)20(16-26-28-24)17-10-4-1-5-11-17/h1-16H/b24-22+. The Bertz CT molecular complexity index is 1090. The van der Waals surface area contributed by atoms with Gasteiger partial charge in [0.25, 0.3) is 0 Å². The van der Waals surface area contributed by atoms with Gasteiger partial charge in [0.2, 0.25) is 5.78 Å². The van der Waals surface area contributed by atoms with Gasteiger partial charge in [-0.15, -0.1) is 0 Å². The fourth-order valence-electron chi connectivity index (χ4n) is 3.06. The van der Waals surface area contributed by atoms with E-state index in [1.165, 1.54) is 11.9 Å². The highest BCUT2D eigenvalue weighted by Gasteiger charge is 2.25. The lowest BCUT2D eigenvalue weighted by Gasteiger charge is -2.20. The number of carbonyl (C=O) groups excluding carboxylic acids is 1. The van der Waals surface area contributed by atoms with Crippen LogP contribution in [0.25, 0.3) is 11.1 Å². The van der Waals surface area contributed by atoms with Crippen molar-refractivity contribution in [2.75, 3.05) is 0 Å². The Hall–Kier alpha value is -2.88. The highest BCUT2D eigenvalue weighted by molar-refractivity contribution is 8.02.